The summed E-state index contributed by atoms with van der Waals surface area (Å²) in [4.78, 5) is 40.9. The molecule has 2 aromatic carbocycles. The lowest BCUT2D eigenvalue weighted by Crippen LogP contribution is -2.44. The van der Waals surface area contributed by atoms with Crippen LogP contribution in [0, 0.1) is 0 Å². The van der Waals surface area contributed by atoms with Gasteiger partial charge < -0.3 is 10.6 Å². The predicted molar refractivity (Wildman–Crippen MR) is 103 cm³/mol. The van der Waals surface area contributed by atoms with E-state index in [4.69, 9.17) is 0 Å². The predicted octanol–water partition coefficient (Wildman–Crippen LogP) is 1.64. The molecule has 0 aliphatic carbocycles. The summed E-state index contributed by atoms with van der Waals surface area (Å²) < 4.78 is 1.43. The van der Waals surface area contributed by atoms with Gasteiger partial charge in [-0.15, -0.1) is 0 Å². The fourth-order valence-corrected chi connectivity index (χ4v) is 2.70. The minimum atomic E-state index is -0.635. The summed E-state index contributed by atoms with van der Waals surface area (Å²) in [5.74, 6) is -0.597. The first-order valence-electron chi connectivity index (χ1n) is 8.66. The van der Waals surface area contributed by atoms with Gasteiger partial charge in [0.15, 0.2) is 0 Å². The second-order valence-corrected chi connectivity index (χ2v) is 6.07. The summed E-state index contributed by atoms with van der Waals surface area (Å²) in [6.07, 6.45) is 1.47. The molecule has 1 heterocycles. The Morgan fingerprint density at radius 2 is 1.81 bits per heavy atom. The molecule has 0 bridgehead atoms. The molecule has 1 atom stereocenters. The molecule has 7 nitrogen and oxygen atoms in total. The average molecular weight is 364 g/mol. The van der Waals surface area contributed by atoms with Crippen molar-refractivity contribution in [2.75, 3.05) is 6.54 Å². The number of carbonyl (C=O) groups is 2. The summed E-state index contributed by atoms with van der Waals surface area (Å²) in [5.41, 5.74) is 1.46. The van der Waals surface area contributed by atoms with Gasteiger partial charge in [-0.2, -0.15) is 0 Å². The number of likely N-dealkylation sites (N-methyl/N-ethyl adjacent to an activating group) is 1. The van der Waals surface area contributed by atoms with Gasteiger partial charge in [-0.05, 0) is 50.2 Å². The second kappa shape index (κ2) is 7.82. The van der Waals surface area contributed by atoms with Gasteiger partial charge in [-0.3, -0.25) is 19.0 Å². The van der Waals surface area contributed by atoms with E-state index in [1.54, 1.807) is 49.4 Å². The van der Waals surface area contributed by atoms with Gasteiger partial charge in [0, 0.05) is 12.1 Å². The summed E-state index contributed by atoms with van der Waals surface area (Å²) in [7, 11) is 0. The smallest absolute Gasteiger partial charge is 0.265 e. The van der Waals surface area contributed by atoms with Gasteiger partial charge in [0.25, 0.3) is 11.5 Å². The lowest BCUT2D eigenvalue weighted by atomic mass is 10.1. The highest BCUT2D eigenvalue weighted by Gasteiger charge is 2.16. The van der Waals surface area contributed by atoms with Gasteiger partial charge in [0.1, 0.15) is 12.4 Å². The third kappa shape index (κ3) is 3.87. The van der Waals surface area contributed by atoms with E-state index in [1.165, 1.54) is 10.9 Å². The average Bonchev–Trinajstić information content (AvgIpc) is 2.69. The van der Waals surface area contributed by atoms with Crippen LogP contribution in [0.5, 0.6) is 0 Å². The molecule has 3 rings (SSSR count). The Balaban J connectivity index is 1.81. The summed E-state index contributed by atoms with van der Waals surface area (Å²) in [6.45, 7) is 3.94. The molecule has 0 saturated carbocycles. The van der Waals surface area contributed by atoms with Crippen molar-refractivity contribution in [3.05, 3.63) is 70.8 Å². The lowest BCUT2D eigenvalue weighted by Gasteiger charge is -2.13. The highest BCUT2D eigenvalue weighted by atomic mass is 16.2. The molecule has 7 heteroatoms. The zero-order chi connectivity index (χ0) is 19.4. The molecule has 3 aromatic rings. The molecule has 2 N–H and O–H groups in total. The van der Waals surface area contributed by atoms with Crippen molar-refractivity contribution in [3.63, 3.8) is 0 Å². The first-order chi connectivity index (χ1) is 13.0. The van der Waals surface area contributed by atoms with Crippen molar-refractivity contribution in [3.8, 4) is 5.69 Å². The Kier molecular flexibility index (Phi) is 5.30. The minimum absolute atomic E-state index is 0.178. The highest BCUT2D eigenvalue weighted by molar-refractivity contribution is 5.97. The van der Waals surface area contributed by atoms with Gasteiger partial charge in [-0.1, -0.05) is 12.1 Å². The van der Waals surface area contributed by atoms with E-state index >= 15 is 0 Å². The molecule has 138 valence electrons. The minimum Gasteiger partial charge on any atom is -0.355 e. The molecule has 0 spiro atoms. The summed E-state index contributed by atoms with van der Waals surface area (Å²) in [6, 6.07) is 13.0. The molecular formula is C20H20N4O3. The van der Waals surface area contributed by atoms with E-state index in [-0.39, 0.29) is 17.4 Å². The van der Waals surface area contributed by atoms with Crippen molar-refractivity contribution >= 4 is 22.7 Å². The van der Waals surface area contributed by atoms with Crippen LogP contribution in [0.25, 0.3) is 16.6 Å². The Hall–Kier alpha value is -3.48. The monoisotopic (exact) mass is 364 g/mol. The molecule has 27 heavy (non-hydrogen) atoms. The van der Waals surface area contributed by atoms with Gasteiger partial charge >= 0.3 is 0 Å². The SMILES string of the molecule is CCNC(=O)C(C)NC(=O)c1ccc(-n2cnc3ccccc3c2=O)cc1. The molecule has 2 amide bonds. The largest absolute Gasteiger partial charge is 0.355 e. The molecule has 1 unspecified atom stereocenters. The Morgan fingerprint density at radius 3 is 2.52 bits per heavy atom. The van der Waals surface area contributed by atoms with Crippen molar-refractivity contribution in [2.45, 2.75) is 19.9 Å². The van der Waals surface area contributed by atoms with Crippen molar-refractivity contribution in [2.24, 2.45) is 0 Å². The normalized spacial score (nSPS) is 11.8. The van der Waals surface area contributed by atoms with E-state index in [9.17, 15) is 14.4 Å². The number of fused-ring (bicyclic) bond motifs is 1. The number of nitrogens with one attached hydrogen (secondary N) is 2. The number of hydrogen-bond acceptors (Lipinski definition) is 4. The number of nitrogens with zero attached hydrogens (tertiary/aromatic N) is 2. The Bertz CT molecular complexity index is 1040. The standard InChI is InChI=1S/C20H20N4O3/c1-3-21-18(25)13(2)23-19(26)14-8-10-15(11-9-14)24-12-22-17-7-5-4-6-16(17)20(24)27/h4-13H,3H2,1-2H3,(H,21,25)(H,23,26). The molecule has 0 aliphatic heterocycles. The topological polar surface area (TPSA) is 93.1 Å². The summed E-state index contributed by atoms with van der Waals surface area (Å²) >= 11 is 0. The van der Waals surface area contributed by atoms with E-state index in [2.05, 4.69) is 15.6 Å². The maximum absolute atomic E-state index is 12.6. The van der Waals surface area contributed by atoms with Crippen molar-refractivity contribution in [1.29, 1.82) is 0 Å². The van der Waals surface area contributed by atoms with E-state index in [1.807, 2.05) is 13.0 Å². The number of aromatic nitrogens is 2. The number of para-hydroxylation sites is 1. The van der Waals surface area contributed by atoms with Crippen LogP contribution in [0.4, 0.5) is 0 Å². The molecule has 1 aromatic heterocycles. The third-order valence-electron chi connectivity index (χ3n) is 4.17. The zero-order valence-corrected chi connectivity index (χ0v) is 15.1. The van der Waals surface area contributed by atoms with Crippen LogP contribution < -0.4 is 16.2 Å². The number of carbonyl (C=O) groups excluding carboxylic acids is 2. The van der Waals surface area contributed by atoms with Crippen LogP contribution in [-0.2, 0) is 4.79 Å². The number of rotatable bonds is 5. The maximum Gasteiger partial charge on any atom is 0.265 e. The third-order valence-corrected chi connectivity index (χ3v) is 4.17. The van der Waals surface area contributed by atoms with Crippen molar-refractivity contribution in [1.82, 2.24) is 20.2 Å². The number of benzene rings is 2. The van der Waals surface area contributed by atoms with Gasteiger partial charge in [0.05, 0.1) is 16.6 Å². The first kappa shape index (κ1) is 18.3. The number of hydrogen-bond donors (Lipinski definition) is 2. The van der Waals surface area contributed by atoms with Crippen LogP contribution in [-0.4, -0.2) is 34.0 Å². The van der Waals surface area contributed by atoms with Gasteiger partial charge in [-0.25, -0.2) is 4.98 Å². The lowest BCUT2D eigenvalue weighted by molar-refractivity contribution is -0.122. The molecule has 0 saturated heterocycles. The zero-order valence-electron chi connectivity index (χ0n) is 15.1. The first-order valence-corrected chi connectivity index (χ1v) is 8.66. The van der Waals surface area contributed by atoms with Crippen LogP contribution in [0.1, 0.15) is 24.2 Å². The Labute approximate surface area is 156 Å². The second-order valence-electron chi connectivity index (χ2n) is 6.07. The quantitative estimate of drug-likeness (QED) is 0.720. The highest BCUT2D eigenvalue weighted by Crippen LogP contribution is 2.11. The Morgan fingerprint density at radius 1 is 1.11 bits per heavy atom. The van der Waals surface area contributed by atoms with Crippen molar-refractivity contribution < 1.29 is 9.59 Å². The number of amides is 2. The van der Waals surface area contributed by atoms with Crippen LogP contribution in [0.3, 0.4) is 0 Å². The van der Waals surface area contributed by atoms with Crippen LogP contribution in [0.15, 0.2) is 59.7 Å². The van der Waals surface area contributed by atoms with E-state index in [0.29, 0.717) is 28.7 Å². The summed E-state index contributed by atoms with van der Waals surface area (Å²) in [5, 5.41) is 5.82. The molecular weight excluding hydrogens is 344 g/mol. The molecule has 0 aliphatic rings. The van der Waals surface area contributed by atoms with E-state index in [0.717, 1.165) is 0 Å². The maximum atomic E-state index is 12.6. The van der Waals surface area contributed by atoms with Crippen LogP contribution >= 0.6 is 0 Å². The fraction of sp³-hybridized carbons (Fsp3) is 0.200. The fourth-order valence-electron chi connectivity index (χ4n) is 2.70. The molecule has 0 radical (unpaired) electrons. The van der Waals surface area contributed by atoms with Gasteiger partial charge in [0.2, 0.25) is 5.91 Å². The van der Waals surface area contributed by atoms with Crippen LogP contribution in [0.2, 0.25) is 0 Å². The van der Waals surface area contributed by atoms with E-state index < -0.39 is 6.04 Å². The molecule has 0 fully saturated rings.